The molecule has 12 heteroatoms. The minimum Gasteiger partial charge on any atom is -0.256 e. The number of benzene rings is 2. The fourth-order valence-electron chi connectivity index (χ4n) is 4.04. The molecule has 0 fully saturated rings. The van der Waals surface area contributed by atoms with Crippen LogP contribution in [0.5, 0.6) is 0 Å². The maximum Gasteiger partial charge on any atom is 0.240 e. The van der Waals surface area contributed by atoms with Crippen molar-refractivity contribution in [3.8, 4) is 22.5 Å². The van der Waals surface area contributed by atoms with Gasteiger partial charge < -0.3 is 0 Å². The maximum absolute atomic E-state index is 13.5. The first kappa shape index (κ1) is 23.0. The van der Waals surface area contributed by atoms with Gasteiger partial charge in [-0.1, -0.05) is 38.1 Å². The number of hydrogen-bond donors (Lipinski definition) is 2. The van der Waals surface area contributed by atoms with Crippen LogP contribution in [-0.4, -0.2) is 47.7 Å². The van der Waals surface area contributed by atoms with Gasteiger partial charge in [-0.05, 0) is 52.6 Å². The lowest BCUT2D eigenvalue weighted by atomic mass is 9.95. The molecule has 0 atom stereocenters. The number of fused-ring (bicyclic) bond motifs is 1. The van der Waals surface area contributed by atoms with E-state index in [-0.39, 0.29) is 16.3 Å². The Morgan fingerprint density at radius 3 is 2.36 bits per heavy atom. The molecular formula is C21H22N6O4S2. The van der Waals surface area contributed by atoms with Crippen LogP contribution in [0.15, 0.2) is 58.5 Å². The van der Waals surface area contributed by atoms with Gasteiger partial charge in [0.1, 0.15) is 4.90 Å². The number of nitrogens with zero attached hydrogens (tertiary/aromatic N) is 4. The molecule has 0 saturated heterocycles. The number of H-pyrrole nitrogens is 1. The summed E-state index contributed by atoms with van der Waals surface area (Å²) in [7, 11) is -8.54. The third kappa shape index (κ3) is 4.01. The molecule has 0 aliphatic rings. The van der Waals surface area contributed by atoms with E-state index in [0.29, 0.717) is 29.5 Å². The molecule has 0 unspecified atom stereocenters. The summed E-state index contributed by atoms with van der Waals surface area (Å²) in [6, 6.07) is 11.8. The molecule has 33 heavy (non-hydrogen) atoms. The summed E-state index contributed by atoms with van der Waals surface area (Å²) in [6.45, 7) is 3.47. The van der Waals surface area contributed by atoms with E-state index in [1.165, 1.54) is 6.07 Å². The highest BCUT2D eigenvalue weighted by Gasteiger charge is 2.35. The molecule has 0 bridgehead atoms. The van der Waals surface area contributed by atoms with Gasteiger partial charge >= 0.3 is 0 Å². The average Bonchev–Trinajstić information content (AvgIpc) is 3.32. The van der Waals surface area contributed by atoms with Crippen LogP contribution in [-0.2, 0) is 19.9 Å². The van der Waals surface area contributed by atoms with Crippen LogP contribution in [0.25, 0.3) is 33.4 Å². The molecule has 4 rings (SSSR count). The van der Waals surface area contributed by atoms with Crippen molar-refractivity contribution in [1.29, 1.82) is 0 Å². The molecular weight excluding hydrogens is 464 g/mol. The normalized spacial score (nSPS) is 12.5. The van der Waals surface area contributed by atoms with E-state index in [4.69, 9.17) is 5.14 Å². The van der Waals surface area contributed by atoms with Gasteiger partial charge in [0.2, 0.25) is 10.0 Å². The number of sulfonamides is 1. The van der Waals surface area contributed by atoms with Crippen LogP contribution < -0.4 is 5.14 Å². The molecule has 0 saturated carbocycles. The Balaban J connectivity index is 2.18. The quantitative estimate of drug-likeness (QED) is 0.403. The third-order valence-corrected chi connectivity index (χ3v) is 9.20. The minimum atomic E-state index is -4.52. The number of sulfone groups is 1. The molecule has 0 radical (unpaired) electrons. The lowest BCUT2D eigenvalue weighted by Gasteiger charge is -2.20. The molecule has 2 aromatic heterocycles. The fourth-order valence-corrected chi connectivity index (χ4v) is 7.43. The summed E-state index contributed by atoms with van der Waals surface area (Å²) in [5, 5.41) is 19.2. The minimum absolute atomic E-state index is 0.00844. The van der Waals surface area contributed by atoms with E-state index >= 15 is 0 Å². The Bertz CT molecular complexity index is 1530. The van der Waals surface area contributed by atoms with Crippen LogP contribution in [0, 0.1) is 0 Å². The lowest BCUT2D eigenvalue weighted by Crippen LogP contribution is -2.25. The van der Waals surface area contributed by atoms with E-state index in [9.17, 15) is 16.8 Å². The van der Waals surface area contributed by atoms with Crippen molar-refractivity contribution in [3.05, 3.63) is 48.7 Å². The Hall–Kier alpha value is -3.22. The van der Waals surface area contributed by atoms with Gasteiger partial charge in [0.15, 0.2) is 15.7 Å². The summed E-state index contributed by atoms with van der Waals surface area (Å²) in [5.74, 6) is -0.0171. The largest absolute Gasteiger partial charge is 0.256 e. The van der Waals surface area contributed by atoms with Gasteiger partial charge in [-0.3, -0.25) is 4.98 Å². The van der Waals surface area contributed by atoms with Crippen LogP contribution >= 0.6 is 0 Å². The second-order valence-corrected chi connectivity index (χ2v) is 11.2. The highest BCUT2D eigenvalue weighted by atomic mass is 32.2. The highest BCUT2D eigenvalue weighted by molar-refractivity contribution is 7.94. The first-order valence-electron chi connectivity index (χ1n) is 10.2. The number of nitrogens with one attached hydrogen (secondary N) is 1. The van der Waals surface area contributed by atoms with Gasteiger partial charge in [0.25, 0.3) is 0 Å². The van der Waals surface area contributed by atoms with Crippen LogP contribution in [0.1, 0.15) is 26.7 Å². The summed E-state index contributed by atoms with van der Waals surface area (Å²) in [5.41, 5.74) is 1.71. The van der Waals surface area contributed by atoms with Crippen molar-refractivity contribution < 1.29 is 16.8 Å². The smallest absolute Gasteiger partial charge is 0.240 e. The zero-order chi connectivity index (χ0) is 23.8. The van der Waals surface area contributed by atoms with Crippen LogP contribution in [0.4, 0.5) is 0 Å². The van der Waals surface area contributed by atoms with Crippen molar-refractivity contribution in [2.24, 2.45) is 5.14 Å². The zero-order valence-electron chi connectivity index (χ0n) is 17.9. The number of tetrazole rings is 1. The lowest BCUT2D eigenvalue weighted by molar-refractivity contribution is 0.565. The van der Waals surface area contributed by atoms with Crippen molar-refractivity contribution in [2.45, 2.75) is 41.7 Å². The van der Waals surface area contributed by atoms with Crippen LogP contribution in [0.3, 0.4) is 0 Å². The molecule has 2 heterocycles. The van der Waals surface area contributed by atoms with Crippen molar-refractivity contribution in [1.82, 2.24) is 25.6 Å². The summed E-state index contributed by atoms with van der Waals surface area (Å²) in [6.07, 6.45) is 2.28. The number of nitrogens with two attached hydrogens (primary N) is 1. The van der Waals surface area contributed by atoms with Gasteiger partial charge in [-0.25, -0.2) is 27.1 Å². The second kappa shape index (κ2) is 8.61. The number of rotatable bonds is 7. The predicted octanol–water partition coefficient (Wildman–Crippen LogP) is 2.69. The molecule has 4 aromatic rings. The Kier molecular flexibility index (Phi) is 5.99. The van der Waals surface area contributed by atoms with E-state index in [2.05, 4.69) is 25.6 Å². The molecule has 0 aliphatic heterocycles. The standard InChI is InChI=1S/C21H22N6O4S2/c1-3-13(4-2)32(28,29)18-11-10-16(14-7-5-9-17-15(14)8-6-12-23-17)19(20(18)33(22,30)31)21-24-26-27-25-21/h5-13H,3-4H2,1-2H3,(H2,22,30,31)(H,24,25,26,27). The van der Waals surface area contributed by atoms with E-state index < -0.39 is 30.0 Å². The number of aromatic amines is 1. The number of pyridine rings is 1. The highest BCUT2D eigenvalue weighted by Crippen LogP contribution is 2.41. The van der Waals surface area contributed by atoms with E-state index in [0.717, 1.165) is 5.39 Å². The van der Waals surface area contributed by atoms with Gasteiger partial charge in [-0.15, -0.1) is 5.10 Å². The van der Waals surface area contributed by atoms with E-state index in [1.54, 1.807) is 44.3 Å². The van der Waals surface area contributed by atoms with Gasteiger partial charge in [0.05, 0.1) is 15.7 Å². The second-order valence-electron chi connectivity index (χ2n) is 7.47. The molecule has 2 aromatic carbocycles. The first-order chi connectivity index (χ1) is 15.7. The molecule has 0 amide bonds. The van der Waals surface area contributed by atoms with Gasteiger partial charge in [-0.2, -0.15) is 0 Å². The average molecular weight is 487 g/mol. The van der Waals surface area contributed by atoms with E-state index in [1.807, 2.05) is 12.1 Å². The molecule has 0 spiro atoms. The first-order valence-corrected chi connectivity index (χ1v) is 13.3. The Morgan fingerprint density at radius 2 is 1.73 bits per heavy atom. The zero-order valence-corrected chi connectivity index (χ0v) is 19.6. The molecule has 172 valence electrons. The number of hydrogen-bond acceptors (Lipinski definition) is 8. The van der Waals surface area contributed by atoms with Crippen molar-refractivity contribution in [3.63, 3.8) is 0 Å². The van der Waals surface area contributed by atoms with Crippen LogP contribution in [0.2, 0.25) is 0 Å². The van der Waals surface area contributed by atoms with Crippen molar-refractivity contribution in [2.75, 3.05) is 0 Å². The molecule has 10 nitrogen and oxygen atoms in total. The Labute approximate surface area is 191 Å². The van der Waals surface area contributed by atoms with Gasteiger partial charge in [0, 0.05) is 17.1 Å². The topological polar surface area (TPSA) is 162 Å². The molecule has 0 aliphatic carbocycles. The Morgan fingerprint density at radius 1 is 0.970 bits per heavy atom. The number of primary sulfonamides is 1. The number of aromatic nitrogens is 5. The summed E-state index contributed by atoms with van der Waals surface area (Å²) >= 11 is 0. The molecule has 3 N–H and O–H groups in total. The fraction of sp³-hybridized carbons (Fsp3) is 0.238. The van der Waals surface area contributed by atoms with Crippen molar-refractivity contribution >= 4 is 30.8 Å². The SMILES string of the molecule is CCC(CC)S(=O)(=O)c1ccc(-c2cccc3ncccc23)c(-c2nnn[nH]2)c1S(N)(=O)=O. The predicted molar refractivity (Wildman–Crippen MR) is 123 cm³/mol. The summed E-state index contributed by atoms with van der Waals surface area (Å²) < 4.78 is 52.7. The summed E-state index contributed by atoms with van der Waals surface area (Å²) in [4.78, 5) is 3.44. The maximum atomic E-state index is 13.5. The monoisotopic (exact) mass is 486 g/mol. The third-order valence-electron chi connectivity index (χ3n) is 5.58.